The van der Waals surface area contributed by atoms with Crippen molar-refractivity contribution in [2.45, 2.75) is 24.6 Å². The molecule has 1 saturated heterocycles. The number of hydrogen-bond acceptors (Lipinski definition) is 3. The number of nitrogens with one attached hydrogen (secondary N) is 1. The Kier molecular flexibility index (Phi) is 3.92. The number of nitrogens with zero attached hydrogens (tertiary/aromatic N) is 1. The molecule has 0 bridgehead atoms. The molecule has 0 aliphatic carbocycles. The molecule has 3 heteroatoms. The van der Waals surface area contributed by atoms with Gasteiger partial charge in [0.05, 0.1) is 0 Å². The maximum Gasteiger partial charge on any atom is 0.0208 e. The quantitative estimate of drug-likeness (QED) is 0.880. The van der Waals surface area contributed by atoms with Gasteiger partial charge in [-0.05, 0) is 11.1 Å². The lowest BCUT2D eigenvalue weighted by Gasteiger charge is -2.35. The van der Waals surface area contributed by atoms with Gasteiger partial charge in [-0.1, -0.05) is 31.2 Å². The summed E-state index contributed by atoms with van der Waals surface area (Å²) >= 11 is 2.11. The van der Waals surface area contributed by atoms with Crippen LogP contribution in [-0.2, 0) is 6.54 Å². The minimum atomic E-state index is 0.672. The lowest BCUT2D eigenvalue weighted by molar-refractivity contribution is 0.261. The molecule has 0 radical (unpaired) electrons. The molecule has 1 fully saturated rings. The van der Waals surface area contributed by atoms with Crippen LogP contribution in [0.25, 0.3) is 0 Å². The van der Waals surface area contributed by atoms with E-state index in [4.69, 9.17) is 0 Å². The van der Waals surface area contributed by atoms with E-state index < -0.39 is 0 Å². The molecule has 3 rings (SSSR count). The van der Waals surface area contributed by atoms with Crippen LogP contribution in [0.2, 0.25) is 0 Å². The molecule has 0 spiro atoms. The Morgan fingerprint density at radius 1 is 1.39 bits per heavy atom. The third kappa shape index (κ3) is 2.73. The van der Waals surface area contributed by atoms with Gasteiger partial charge in [-0.25, -0.2) is 0 Å². The average Bonchev–Trinajstić information content (AvgIpc) is 2.39. The summed E-state index contributed by atoms with van der Waals surface area (Å²) in [4.78, 5) is 2.65. The molecular weight excluding hydrogens is 240 g/mol. The van der Waals surface area contributed by atoms with Crippen LogP contribution in [0.3, 0.4) is 0 Å². The van der Waals surface area contributed by atoms with Gasteiger partial charge >= 0.3 is 0 Å². The summed E-state index contributed by atoms with van der Waals surface area (Å²) in [6.07, 6.45) is 0. The molecule has 1 aromatic carbocycles. The standard InChI is InChI=1S/C15H22N2S/c1-12-10-17(6-7-18-12)11-14-9-16-8-13-4-2-3-5-15(13)14/h2-5,12,14,16H,6-11H2,1H3. The molecule has 98 valence electrons. The Hall–Kier alpha value is -0.510. The molecule has 18 heavy (non-hydrogen) atoms. The highest BCUT2D eigenvalue weighted by Crippen LogP contribution is 2.26. The van der Waals surface area contributed by atoms with E-state index in [1.165, 1.54) is 31.0 Å². The van der Waals surface area contributed by atoms with E-state index in [-0.39, 0.29) is 0 Å². The molecule has 1 aromatic rings. The third-order valence-electron chi connectivity index (χ3n) is 4.00. The molecule has 0 aromatic heterocycles. The van der Waals surface area contributed by atoms with E-state index in [1.54, 1.807) is 5.56 Å². The van der Waals surface area contributed by atoms with E-state index in [2.05, 4.69) is 53.2 Å². The molecule has 0 amide bonds. The average molecular weight is 262 g/mol. The first-order valence-electron chi connectivity index (χ1n) is 6.95. The van der Waals surface area contributed by atoms with Crippen molar-refractivity contribution in [3.05, 3.63) is 35.4 Å². The van der Waals surface area contributed by atoms with Crippen molar-refractivity contribution in [2.75, 3.05) is 31.9 Å². The fourth-order valence-corrected chi connectivity index (χ4v) is 4.20. The van der Waals surface area contributed by atoms with Gasteiger partial charge in [-0.15, -0.1) is 0 Å². The lowest BCUT2D eigenvalue weighted by Crippen LogP contribution is -2.42. The maximum absolute atomic E-state index is 3.56. The second-order valence-electron chi connectivity index (χ2n) is 5.47. The zero-order valence-corrected chi connectivity index (χ0v) is 11.9. The predicted molar refractivity (Wildman–Crippen MR) is 79.2 cm³/mol. The monoisotopic (exact) mass is 262 g/mol. The summed E-state index contributed by atoms with van der Waals surface area (Å²) in [5, 5.41) is 4.36. The zero-order chi connectivity index (χ0) is 12.4. The maximum atomic E-state index is 3.56. The Bertz CT molecular complexity index is 407. The summed E-state index contributed by atoms with van der Waals surface area (Å²) in [5.41, 5.74) is 3.07. The molecule has 2 nitrogen and oxygen atoms in total. The van der Waals surface area contributed by atoms with Crippen LogP contribution < -0.4 is 5.32 Å². The number of rotatable bonds is 2. The molecule has 2 aliphatic heterocycles. The Morgan fingerprint density at radius 3 is 3.17 bits per heavy atom. The van der Waals surface area contributed by atoms with Gasteiger partial charge in [0, 0.05) is 49.6 Å². The van der Waals surface area contributed by atoms with Crippen molar-refractivity contribution in [3.8, 4) is 0 Å². The van der Waals surface area contributed by atoms with Gasteiger partial charge in [0.15, 0.2) is 0 Å². The van der Waals surface area contributed by atoms with Gasteiger partial charge in [-0.2, -0.15) is 11.8 Å². The van der Waals surface area contributed by atoms with Gasteiger partial charge in [0.2, 0.25) is 0 Å². The van der Waals surface area contributed by atoms with Crippen molar-refractivity contribution in [1.29, 1.82) is 0 Å². The second kappa shape index (κ2) is 5.64. The Balaban J connectivity index is 1.70. The largest absolute Gasteiger partial charge is 0.312 e. The van der Waals surface area contributed by atoms with Crippen molar-refractivity contribution < 1.29 is 0 Å². The number of hydrogen-bond donors (Lipinski definition) is 1. The van der Waals surface area contributed by atoms with Crippen LogP contribution in [0.15, 0.2) is 24.3 Å². The van der Waals surface area contributed by atoms with Gasteiger partial charge < -0.3 is 10.2 Å². The highest BCUT2D eigenvalue weighted by molar-refractivity contribution is 7.99. The minimum Gasteiger partial charge on any atom is -0.312 e. The Morgan fingerprint density at radius 2 is 2.28 bits per heavy atom. The van der Waals surface area contributed by atoms with Crippen molar-refractivity contribution >= 4 is 11.8 Å². The fourth-order valence-electron chi connectivity index (χ4n) is 3.12. The molecule has 2 aliphatic rings. The topological polar surface area (TPSA) is 15.3 Å². The van der Waals surface area contributed by atoms with Crippen LogP contribution in [0, 0.1) is 0 Å². The van der Waals surface area contributed by atoms with Crippen LogP contribution >= 0.6 is 11.8 Å². The number of thioether (sulfide) groups is 1. The molecule has 2 heterocycles. The van der Waals surface area contributed by atoms with Gasteiger partial charge in [-0.3, -0.25) is 0 Å². The first kappa shape index (κ1) is 12.5. The van der Waals surface area contributed by atoms with Crippen LogP contribution in [-0.4, -0.2) is 42.1 Å². The summed E-state index contributed by atoms with van der Waals surface area (Å²) in [6.45, 7) is 8.25. The zero-order valence-electron chi connectivity index (χ0n) is 11.1. The summed E-state index contributed by atoms with van der Waals surface area (Å²) < 4.78 is 0. The number of benzene rings is 1. The summed E-state index contributed by atoms with van der Waals surface area (Å²) in [6, 6.07) is 8.93. The van der Waals surface area contributed by atoms with Crippen LogP contribution in [0.1, 0.15) is 24.0 Å². The first-order chi connectivity index (χ1) is 8.83. The van der Waals surface area contributed by atoms with Gasteiger partial charge in [0.1, 0.15) is 0 Å². The van der Waals surface area contributed by atoms with Crippen molar-refractivity contribution in [1.82, 2.24) is 10.2 Å². The highest BCUT2D eigenvalue weighted by atomic mass is 32.2. The summed E-state index contributed by atoms with van der Waals surface area (Å²) in [5.74, 6) is 1.97. The van der Waals surface area contributed by atoms with E-state index >= 15 is 0 Å². The Labute approximate surface area is 114 Å². The molecule has 2 atom stereocenters. The highest BCUT2D eigenvalue weighted by Gasteiger charge is 2.24. The van der Waals surface area contributed by atoms with E-state index in [0.717, 1.165) is 18.3 Å². The van der Waals surface area contributed by atoms with Crippen molar-refractivity contribution in [3.63, 3.8) is 0 Å². The minimum absolute atomic E-state index is 0.672. The summed E-state index contributed by atoms with van der Waals surface area (Å²) in [7, 11) is 0. The molecular formula is C15H22N2S. The molecule has 1 N–H and O–H groups in total. The molecule has 2 unspecified atom stereocenters. The third-order valence-corrected chi connectivity index (χ3v) is 5.14. The van der Waals surface area contributed by atoms with E-state index in [9.17, 15) is 0 Å². The van der Waals surface area contributed by atoms with Crippen LogP contribution in [0.4, 0.5) is 0 Å². The molecule has 0 saturated carbocycles. The fraction of sp³-hybridized carbons (Fsp3) is 0.600. The van der Waals surface area contributed by atoms with E-state index in [0.29, 0.717) is 5.92 Å². The number of fused-ring (bicyclic) bond motifs is 1. The van der Waals surface area contributed by atoms with Gasteiger partial charge in [0.25, 0.3) is 0 Å². The van der Waals surface area contributed by atoms with Crippen LogP contribution in [0.5, 0.6) is 0 Å². The normalized spacial score (nSPS) is 28.9. The first-order valence-corrected chi connectivity index (χ1v) is 8.00. The SMILES string of the molecule is CC1CN(CC2CNCc3ccccc32)CCS1. The van der Waals surface area contributed by atoms with E-state index in [1.807, 2.05) is 0 Å². The smallest absolute Gasteiger partial charge is 0.0208 e. The van der Waals surface area contributed by atoms with Crippen molar-refractivity contribution in [2.24, 2.45) is 0 Å². The second-order valence-corrected chi connectivity index (χ2v) is 7.01. The lowest BCUT2D eigenvalue weighted by atomic mass is 9.90. The predicted octanol–water partition coefficient (Wildman–Crippen LogP) is 2.31.